The van der Waals surface area contributed by atoms with Gasteiger partial charge in [0.15, 0.2) is 11.5 Å². The lowest BCUT2D eigenvalue weighted by molar-refractivity contribution is -0.122. The molecule has 3 unspecified atom stereocenters. The molecule has 1 aromatic rings. The second-order valence-corrected chi connectivity index (χ2v) is 9.73. The van der Waals surface area contributed by atoms with Gasteiger partial charge in [-0.2, -0.15) is 0 Å². The van der Waals surface area contributed by atoms with Crippen molar-refractivity contribution in [2.75, 3.05) is 23.9 Å². The Balaban J connectivity index is 1.33. The zero-order valence-corrected chi connectivity index (χ0v) is 16.3. The number of nitrogens with one attached hydrogen (secondary N) is 1. The average molecular weight is 394 g/mol. The number of fused-ring (bicyclic) bond motifs is 3. The van der Waals surface area contributed by atoms with Gasteiger partial charge in [-0.25, -0.2) is 8.42 Å². The largest absolute Gasteiger partial charge is 0.454 e. The Morgan fingerprint density at radius 1 is 1.22 bits per heavy atom. The van der Waals surface area contributed by atoms with E-state index in [0.29, 0.717) is 42.0 Å². The van der Waals surface area contributed by atoms with E-state index in [-0.39, 0.29) is 19.2 Å². The summed E-state index contributed by atoms with van der Waals surface area (Å²) in [5.74, 6) is 2.59. The van der Waals surface area contributed by atoms with Crippen LogP contribution in [0.1, 0.15) is 38.5 Å². The van der Waals surface area contributed by atoms with Gasteiger partial charge in [-0.3, -0.25) is 9.10 Å². The van der Waals surface area contributed by atoms with Crippen LogP contribution in [0.2, 0.25) is 0 Å². The van der Waals surface area contributed by atoms with Crippen molar-refractivity contribution < 1.29 is 22.7 Å². The number of carbonyl (C=O) groups is 1. The molecule has 0 radical (unpaired) electrons. The van der Waals surface area contributed by atoms with Crippen LogP contribution in [0.25, 0.3) is 0 Å². The fourth-order valence-corrected chi connectivity index (χ4v) is 5.57. The predicted molar refractivity (Wildman–Crippen MR) is 101 cm³/mol. The first-order valence-corrected chi connectivity index (χ1v) is 11.4. The van der Waals surface area contributed by atoms with Crippen LogP contribution in [0.4, 0.5) is 5.69 Å². The van der Waals surface area contributed by atoms with E-state index in [1.54, 1.807) is 18.2 Å². The number of amides is 1. The molecule has 7 nitrogen and oxygen atoms in total. The monoisotopic (exact) mass is 394 g/mol. The molecule has 1 aliphatic heterocycles. The van der Waals surface area contributed by atoms with Crippen LogP contribution in [0.15, 0.2) is 18.2 Å². The van der Waals surface area contributed by atoms with Crippen molar-refractivity contribution in [3.05, 3.63) is 18.2 Å². The molecule has 1 N–H and O–H groups in total. The lowest BCUT2D eigenvalue weighted by Crippen LogP contribution is -2.39. The fourth-order valence-electron chi connectivity index (χ4n) is 4.61. The van der Waals surface area contributed by atoms with Crippen molar-refractivity contribution >= 4 is 21.6 Å². The molecule has 1 amide bonds. The van der Waals surface area contributed by atoms with E-state index in [1.807, 2.05) is 0 Å². The van der Waals surface area contributed by atoms with Crippen LogP contribution < -0.4 is 19.1 Å². The van der Waals surface area contributed by atoms with Gasteiger partial charge in [0.2, 0.25) is 22.7 Å². The van der Waals surface area contributed by atoms with Crippen molar-refractivity contribution in [3.63, 3.8) is 0 Å². The van der Waals surface area contributed by atoms with Gasteiger partial charge in [0, 0.05) is 25.1 Å². The van der Waals surface area contributed by atoms with E-state index in [0.717, 1.165) is 12.3 Å². The summed E-state index contributed by atoms with van der Waals surface area (Å²) in [4.78, 5) is 12.3. The third-order valence-corrected chi connectivity index (χ3v) is 7.09. The van der Waals surface area contributed by atoms with Gasteiger partial charge in [-0.1, -0.05) is 6.42 Å². The lowest BCUT2D eigenvalue weighted by atomic mass is 9.95. The summed E-state index contributed by atoms with van der Waals surface area (Å²) in [7, 11) is -3.46. The van der Waals surface area contributed by atoms with E-state index in [4.69, 9.17) is 9.47 Å². The minimum absolute atomic E-state index is 0.0201. The van der Waals surface area contributed by atoms with Crippen LogP contribution >= 0.6 is 0 Å². The van der Waals surface area contributed by atoms with Crippen LogP contribution in [0.3, 0.4) is 0 Å². The number of rotatable bonds is 7. The fraction of sp³-hybridized carbons (Fsp3) is 0.632. The zero-order valence-electron chi connectivity index (χ0n) is 15.5. The summed E-state index contributed by atoms with van der Waals surface area (Å²) in [6.07, 6.45) is 6.84. The maximum absolute atomic E-state index is 12.3. The number of sulfonamides is 1. The van der Waals surface area contributed by atoms with Crippen molar-refractivity contribution in [1.82, 2.24) is 5.32 Å². The first kappa shape index (κ1) is 18.4. The molecule has 0 aromatic heterocycles. The minimum Gasteiger partial charge on any atom is -0.454 e. The van der Waals surface area contributed by atoms with E-state index in [2.05, 4.69) is 5.32 Å². The molecule has 1 aromatic carbocycles. The first-order chi connectivity index (χ1) is 12.9. The van der Waals surface area contributed by atoms with E-state index in [9.17, 15) is 13.2 Å². The molecule has 0 spiro atoms. The van der Waals surface area contributed by atoms with Gasteiger partial charge in [-0.15, -0.1) is 0 Å². The number of ether oxygens (including phenoxy) is 2. The molecular formula is C19H26N2O5S. The number of anilines is 1. The van der Waals surface area contributed by atoms with Gasteiger partial charge in [0.25, 0.3) is 0 Å². The van der Waals surface area contributed by atoms with E-state index >= 15 is 0 Å². The maximum atomic E-state index is 12.3. The Labute approximate surface area is 160 Å². The molecule has 27 heavy (non-hydrogen) atoms. The smallest absolute Gasteiger partial charge is 0.232 e. The topological polar surface area (TPSA) is 84.9 Å². The molecule has 148 valence electrons. The molecular weight excluding hydrogens is 368 g/mol. The quantitative estimate of drug-likeness (QED) is 0.767. The van der Waals surface area contributed by atoms with Gasteiger partial charge in [-0.05, 0) is 49.7 Å². The summed E-state index contributed by atoms with van der Waals surface area (Å²) in [6.45, 7) is 0.392. The van der Waals surface area contributed by atoms with Gasteiger partial charge in [0.1, 0.15) is 0 Å². The lowest BCUT2D eigenvalue weighted by Gasteiger charge is -2.24. The van der Waals surface area contributed by atoms with E-state index in [1.165, 1.54) is 29.8 Å². The number of carbonyl (C=O) groups excluding carboxylic acids is 1. The average Bonchev–Trinajstić information content (AvgIpc) is 3.33. The summed E-state index contributed by atoms with van der Waals surface area (Å²) in [5.41, 5.74) is 0.523. The standard InChI is InChI=1S/C19H26N2O5S/c1-27(23,24)21(15-6-7-17-18(11-15)26-12-25-17)8-2-3-19(22)20-16-10-13-4-5-14(16)9-13/h6-7,11,13-14,16H,2-5,8-10,12H2,1H3,(H,20,22). The number of benzene rings is 1. The molecule has 8 heteroatoms. The summed E-state index contributed by atoms with van der Waals surface area (Å²) >= 11 is 0. The highest BCUT2D eigenvalue weighted by Gasteiger charge is 2.39. The molecule has 3 atom stereocenters. The molecule has 2 aliphatic carbocycles. The molecule has 2 saturated carbocycles. The predicted octanol–water partition coefficient (Wildman–Crippen LogP) is 2.27. The van der Waals surface area contributed by atoms with Gasteiger partial charge < -0.3 is 14.8 Å². The third kappa shape index (κ3) is 4.00. The second kappa shape index (κ2) is 7.22. The van der Waals surface area contributed by atoms with Crippen molar-refractivity contribution in [2.45, 2.75) is 44.6 Å². The highest BCUT2D eigenvalue weighted by Crippen LogP contribution is 2.44. The maximum Gasteiger partial charge on any atom is 0.232 e. The van der Waals surface area contributed by atoms with Gasteiger partial charge >= 0.3 is 0 Å². The summed E-state index contributed by atoms with van der Waals surface area (Å²) in [5, 5.41) is 3.15. The molecule has 2 bridgehead atoms. The molecule has 1 heterocycles. The van der Waals surface area contributed by atoms with Crippen molar-refractivity contribution in [2.24, 2.45) is 11.8 Å². The Morgan fingerprint density at radius 2 is 2.04 bits per heavy atom. The first-order valence-electron chi connectivity index (χ1n) is 9.57. The third-order valence-electron chi connectivity index (χ3n) is 5.89. The van der Waals surface area contributed by atoms with E-state index < -0.39 is 10.0 Å². The van der Waals surface area contributed by atoms with Crippen molar-refractivity contribution in [3.8, 4) is 11.5 Å². The molecule has 0 saturated heterocycles. The number of nitrogens with zero attached hydrogens (tertiary/aromatic N) is 1. The second-order valence-electron chi connectivity index (χ2n) is 7.83. The normalized spacial score (nSPS) is 25.6. The van der Waals surface area contributed by atoms with Gasteiger partial charge in [0.05, 0.1) is 11.9 Å². The molecule has 3 aliphatic rings. The zero-order chi connectivity index (χ0) is 19.0. The highest BCUT2D eigenvalue weighted by atomic mass is 32.2. The Bertz CT molecular complexity index is 825. The van der Waals surface area contributed by atoms with Crippen LogP contribution in [-0.4, -0.2) is 40.0 Å². The molecule has 2 fully saturated rings. The Kier molecular flexibility index (Phi) is 4.92. The number of hydrogen-bond donors (Lipinski definition) is 1. The highest BCUT2D eigenvalue weighted by molar-refractivity contribution is 7.92. The number of hydrogen-bond acceptors (Lipinski definition) is 5. The molecule has 4 rings (SSSR count). The van der Waals surface area contributed by atoms with Crippen molar-refractivity contribution in [1.29, 1.82) is 0 Å². The SMILES string of the molecule is CS(=O)(=O)N(CCCC(=O)NC1CC2CCC1C2)c1ccc2c(c1)OCO2. The van der Waals surface area contributed by atoms with Crippen LogP contribution in [0, 0.1) is 11.8 Å². The summed E-state index contributed by atoms with van der Waals surface area (Å²) in [6, 6.07) is 5.39. The van der Waals surface area contributed by atoms with Crippen LogP contribution in [0.5, 0.6) is 11.5 Å². The Hall–Kier alpha value is -1.96. The minimum atomic E-state index is -3.46. The summed E-state index contributed by atoms with van der Waals surface area (Å²) < 4.78 is 36.4. The Morgan fingerprint density at radius 3 is 2.74 bits per heavy atom. The van der Waals surface area contributed by atoms with Crippen LogP contribution in [-0.2, 0) is 14.8 Å².